The standard InChI is InChI=1S/C29H38N2O/c1-26(2,3)14-20-8-9-23-21(12-20)10-11-31(23)25(32)24-13-22(15-30(24)7)29-17-28(18-29,19-29)16-27(4,5)6/h8-13,15H,14,16-19H2,1-7H3. The van der Waals surface area contributed by atoms with Crippen molar-refractivity contribution in [3.05, 3.63) is 59.5 Å². The Kier molecular flexibility index (Phi) is 4.46. The highest BCUT2D eigenvalue weighted by atomic mass is 16.2. The second-order valence-corrected chi connectivity index (χ2v) is 13.4. The monoisotopic (exact) mass is 430 g/mol. The minimum absolute atomic E-state index is 0.0633. The quantitative estimate of drug-likeness (QED) is 0.433. The molecule has 0 spiro atoms. The Morgan fingerprint density at radius 2 is 1.66 bits per heavy atom. The molecule has 3 fully saturated rings. The maximum Gasteiger partial charge on any atom is 0.278 e. The summed E-state index contributed by atoms with van der Waals surface area (Å²) < 4.78 is 3.85. The van der Waals surface area contributed by atoms with E-state index in [9.17, 15) is 4.79 Å². The van der Waals surface area contributed by atoms with Crippen LogP contribution in [0.4, 0.5) is 0 Å². The van der Waals surface area contributed by atoms with Gasteiger partial charge in [-0.05, 0) is 89.2 Å². The number of carbonyl (C=O) groups is 1. The van der Waals surface area contributed by atoms with Crippen molar-refractivity contribution in [2.45, 2.75) is 79.1 Å². The normalized spacial score (nSPS) is 25.0. The van der Waals surface area contributed by atoms with Crippen molar-refractivity contribution in [3.8, 4) is 0 Å². The van der Waals surface area contributed by atoms with Gasteiger partial charge in [-0.1, -0.05) is 47.6 Å². The number of benzene rings is 1. The van der Waals surface area contributed by atoms with Gasteiger partial charge in [0.2, 0.25) is 0 Å². The first-order chi connectivity index (χ1) is 14.8. The van der Waals surface area contributed by atoms with Crippen LogP contribution in [0.15, 0.2) is 42.7 Å². The van der Waals surface area contributed by atoms with Gasteiger partial charge in [0.1, 0.15) is 5.69 Å². The van der Waals surface area contributed by atoms with Crippen molar-refractivity contribution >= 4 is 16.8 Å². The van der Waals surface area contributed by atoms with Gasteiger partial charge in [0, 0.05) is 24.8 Å². The molecule has 0 saturated heterocycles. The first-order valence-corrected chi connectivity index (χ1v) is 12.1. The molecule has 170 valence electrons. The van der Waals surface area contributed by atoms with Crippen molar-refractivity contribution in [1.82, 2.24) is 9.13 Å². The number of fused-ring (bicyclic) bond motifs is 1. The first-order valence-electron chi connectivity index (χ1n) is 12.1. The minimum Gasteiger partial charge on any atom is -0.346 e. The Balaban J connectivity index is 1.37. The summed E-state index contributed by atoms with van der Waals surface area (Å²) >= 11 is 0. The van der Waals surface area contributed by atoms with Gasteiger partial charge in [0.15, 0.2) is 0 Å². The van der Waals surface area contributed by atoms with Crippen molar-refractivity contribution < 1.29 is 4.79 Å². The Labute approximate surface area is 192 Å². The number of nitrogens with zero attached hydrogens (tertiary/aromatic N) is 2. The van der Waals surface area contributed by atoms with Gasteiger partial charge in [0.05, 0.1) is 5.52 Å². The smallest absolute Gasteiger partial charge is 0.278 e. The second kappa shape index (κ2) is 6.62. The van der Waals surface area contributed by atoms with Gasteiger partial charge in [-0.25, -0.2) is 0 Å². The molecular weight excluding hydrogens is 392 g/mol. The van der Waals surface area contributed by atoms with E-state index < -0.39 is 0 Å². The molecule has 0 N–H and O–H groups in total. The van der Waals surface area contributed by atoms with Crippen molar-refractivity contribution in [3.63, 3.8) is 0 Å². The molecule has 1 aromatic carbocycles. The zero-order chi connectivity index (χ0) is 23.1. The lowest BCUT2D eigenvalue weighted by atomic mass is 9.32. The van der Waals surface area contributed by atoms with Crippen LogP contribution in [0.3, 0.4) is 0 Å². The number of rotatable bonds is 4. The average molecular weight is 431 g/mol. The van der Waals surface area contributed by atoms with Gasteiger partial charge in [0.25, 0.3) is 5.91 Å². The lowest BCUT2D eigenvalue weighted by molar-refractivity contribution is -0.161. The van der Waals surface area contributed by atoms with Crippen LogP contribution in [-0.4, -0.2) is 15.0 Å². The van der Waals surface area contributed by atoms with Gasteiger partial charge in [-0.2, -0.15) is 0 Å². The molecule has 6 rings (SSSR count). The number of aromatic nitrogens is 2. The predicted molar refractivity (Wildman–Crippen MR) is 132 cm³/mol. The third kappa shape index (κ3) is 3.54. The summed E-state index contributed by atoms with van der Waals surface area (Å²) in [7, 11) is 2.01. The Morgan fingerprint density at radius 3 is 2.28 bits per heavy atom. The minimum atomic E-state index is 0.0633. The lowest BCUT2D eigenvalue weighted by Gasteiger charge is -2.72. The molecule has 3 aliphatic rings. The van der Waals surface area contributed by atoms with Crippen molar-refractivity contribution in [2.75, 3.05) is 0 Å². The van der Waals surface area contributed by atoms with Gasteiger partial charge in [-0.3, -0.25) is 9.36 Å². The van der Waals surface area contributed by atoms with Crippen LogP contribution in [0.1, 0.15) is 88.8 Å². The van der Waals surface area contributed by atoms with E-state index in [1.54, 1.807) is 0 Å². The third-order valence-electron chi connectivity index (χ3n) is 7.59. The topological polar surface area (TPSA) is 26.9 Å². The fraction of sp³-hybridized carbons (Fsp3) is 0.552. The summed E-state index contributed by atoms with van der Waals surface area (Å²) in [6.45, 7) is 13.8. The zero-order valence-corrected chi connectivity index (χ0v) is 20.9. The molecule has 3 aromatic rings. The van der Waals surface area contributed by atoms with Gasteiger partial charge in [-0.15, -0.1) is 0 Å². The van der Waals surface area contributed by atoms with Crippen LogP contribution in [0.5, 0.6) is 0 Å². The van der Waals surface area contributed by atoms with Gasteiger partial charge >= 0.3 is 0 Å². The van der Waals surface area contributed by atoms with Crippen molar-refractivity contribution in [1.29, 1.82) is 0 Å². The molecule has 3 heteroatoms. The van der Waals surface area contributed by atoms with E-state index in [4.69, 9.17) is 0 Å². The number of carbonyl (C=O) groups excluding carboxylic acids is 1. The van der Waals surface area contributed by atoms with E-state index in [0.717, 1.165) is 23.0 Å². The summed E-state index contributed by atoms with van der Waals surface area (Å²) in [6, 6.07) is 10.8. The Hall–Kier alpha value is -2.29. The van der Waals surface area contributed by atoms with Gasteiger partial charge < -0.3 is 4.57 Å². The first kappa shape index (κ1) is 21.6. The van der Waals surface area contributed by atoms with E-state index in [1.165, 1.54) is 36.8 Å². The molecule has 32 heavy (non-hydrogen) atoms. The molecule has 0 amide bonds. The molecule has 2 bridgehead atoms. The van der Waals surface area contributed by atoms with E-state index in [2.05, 4.69) is 78.1 Å². The molecule has 2 heterocycles. The summed E-state index contributed by atoms with van der Waals surface area (Å²) in [4.78, 5) is 13.5. The Bertz CT molecular complexity index is 1190. The van der Waals surface area contributed by atoms with Crippen LogP contribution in [-0.2, 0) is 18.9 Å². The fourth-order valence-corrected chi connectivity index (χ4v) is 6.90. The summed E-state index contributed by atoms with van der Waals surface area (Å²) in [5, 5.41) is 1.14. The second-order valence-electron chi connectivity index (χ2n) is 13.4. The predicted octanol–water partition coefficient (Wildman–Crippen LogP) is 7.11. The molecule has 0 atom stereocenters. The van der Waals surface area contributed by atoms with E-state index in [-0.39, 0.29) is 11.3 Å². The maximum absolute atomic E-state index is 13.5. The molecule has 0 aliphatic heterocycles. The fourth-order valence-electron chi connectivity index (χ4n) is 6.90. The summed E-state index contributed by atoms with van der Waals surface area (Å²) in [5.74, 6) is 0.0633. The van der Waals surface area contributed by atoms with E-state index >= 15 is 0 Å². The van der Waals surface area contributed by atoms with E-state index in [0.29, 0.717) is 16.2 Å². The molecule has 3 aliphatic carbocycles. The highest BCUT2D eigenvalue weighted by Crippen LogP contribution is 2.76. The van der Waals surface area contributed by atoms with Crippen LogP contribution in [0, 0.1) is 16.2 Å². The third-order valence-corrected chi connectivity index (χ3v) is 7.59. The average Bonchev–Trinajstić information content (AvgIpc) is 3.17. The van der Waals surface area contributed by atoms with Crippen LogP contribution < -0.4 is 0 Å². The number of hydrogen-bond donors (Lipinski definition) is 0. The van der Waals surface area contributed by atoms with Crippen LogP contribution >= 0.6 is 0 Å². The number of aryl methyl sites for hydroxylation is 1. The molecule has 3 nitrogen and oxygen atoms in total. The molecule has 3 saturated carbocycles. The molecule has 2 aromatic heterocycles. The molecule has 0 radical (unpaired) electrons. The Morgan fingerprint density at radius 1 is 0.969 bits per heavy atom. The maximum atomic E-state index is 13.5. The van der Waals surface area contributed by atoms with Crippen LogP contribution in [0.25, 0.3) is 10.9 Å². The van der Waals surface area contributed by atoms with Crippen molar-refractivity contribution in [2.24, 2.45) is 23.3 Å². The van der Waals surface area contributed by atoms with Crippen LogP contribution in [0.2, 0.25) is 0 Å². The molecular formula is C29H38N2O. The summed E-state index contributed by atoms with van der Waals surface area (Å²) in [5.41, 5.74) is 5.98. The SMILES string of the molecule is Cn1cc(C23CC(CC(C)(C)C)(C2)C3)cc1C(=O)n1ccc2cc(CC(C)(C)C)ccc21. The highest BCUT2D eigenvalue weighted by Gasteiger charge is 2.68. The van der Waals surface area contributed by atoms with E-state index in [1.807, 2.05) is 22.4 Å². The number of hydrogen-bond acceptors (Lipinski definition) is 1. The summed E-state index contributed by atoms with van der Waals surface area (Å²) in [6.07, 6.45) is 10.4. The lowest BCUT2D eigenvalue weighted by Crippen LogP contribution is -2.65. The molecule has 0 unspecified atom stereocenters. The zero-order valence-electron chi connectivity index (χ0n) is 20.9. The highest BCUT2D eigenvalue weighted by molar-refractivity contribution is 6.01. The largest absolute Gasteiger partial charge is 0.346 e.